The maximum Gasteiger partial charge on any atom is 1.00 e. The molecule has 8 nitrogen and oxygen atoms in total. The first-order valence-electron chi connectivity index (χ1n) is 15.4. The number of benzene rings is 2. The van der Waals surface area contributed by atoms with Crippen LogP contribution >= 0.6 is 0 Å². The third-order valence-electron chi connectivity index (χ3n) is 7.14. The van der Waals surface area contributed by atoms with Crippen molar-refractivity contribution in [2.75, 3.05) is 23.0 Å². The number of halogens is 9. The van der Waals surface area contributed by atoms with Crippen molar-refractivity contribution in [1.29, 1.82) is 0 Å². The Morgan fingerprint density at radius 3 is 1.88 bits per heavy atom. The molecule has 0 aliphatic carbocycles. The molecule has 0 fully saturated rings. The predicted octanol–water partition coefficient (Wildman–Crippen LogP) is 5.42. The van der Waals surface area contributed by atoms with Crippen molar-refractivity contribution < 1.29 is 89.9 Å². The van der Waals surface area contributed by atoms with Gasteiger partial charge in [-0.3, -0.25) is 9.59 Å². The number of aliphatic carboxylic acids is 1. The van der Waals surface area contributed by atoms with E-state index in [0.29, 0.717) is 6.42 Å². The first-order chi connectivity index (χ1) is 23.3. The van der Waals surface area contributed by atoms with Crippen LogP contribution < -0.4 is 44.1 Å². The Morgan fingerprint density at radius 2 is 1.39 bits per heavy atom. The molecule has 1 aromatic heterocycles. The smallest absolute Gasteiger partial charge is 1.00 e. The molecule has 1 N–H and O–H groups in total. The van der Waals surface area contributed by atoms with Crippen LogP contribution in [-0.4, -0.2) is 52.5 Å². The zero-order valence-electron chi connectivity index (χ0n) is 29.1. The Balaban J connectivity index is 0.00000676. The van der Waals surface area contributed by atoms with Crippen LogP contribution in [0.3, 0.4) is 0 Å². The van der Waals surface area contributed by atoms with Crippen LogP contribution in [0.2, 0.25) is 0 Å². The molecule has 0 atom stereocenters. The molecule has 0 radical (unpaired) electrons. The van der Waals surface area contributed by atoms with Gasteiger partial charge in [-0.2, -0.15) is 39.5 Å². The summed E-state index contributed by atoms with van der Waals surface area (Å²) in [7, 11) is 0. The molecular weight excluding hydrogens is 710 g/mol. The van der Waals surface area contributed by atoms with E-state index in [4.69, 9.17) is 9.84 Å². The fourth-order valence-corrected chi connectivity index (χ4v) is 5.16. The van der Waals surface area contributed by atoms with Gasteiger partial charge < -0.3 is 21.1 Å². The Bertz CT molecular complexity index is 1570. The van der Waals surface area contributed by atoms with E-state index >= 15 is 0 Å². The number of amides is 1. The first kappa shape index (κ1) is 43.6. The molecule has 0 unspecified atom stereocenters. The second-order valence-electron chi connectivity index (χ2n) is 11.4. The molecule has 0 bridgehead atoms. The molecule has 18 heteroatoms. The fourth-order valence-electron chi connectivity index (χ4n) is 5.16. The Morgan fingerprint density at radius 1 is 0.824 bits per heavy atom. The molecular formula is C33H36F9N4NaO4. The van der Waals surface area contributed by atoms with Crippen LogP contribution in [0.1, 0.15) is 68.8 Å². The molecule has 2 aromatic carbocycles. The average Bonchev–Trinajstić information content (AvgIpc) is 2.98. The standard InChI is InChI=1S/C33H35F9N4O4.Na.H/c1-3-6-28(47)46(4-2)27-9-8-25(33(40,41)42)14-24(27)20-45(30-43-17-26(18-44-30)50-10-5-7-29(48)49)19-23-12-21(15-31(34,35)36)11-22(13-23)16-32(37,38)39;;/h8-9,11-14,17-18H,3-7,10,15-16,19-20H2,1-2H3,(H,48,49);;/q;+1;-1. The average molecular weight is 747 g/mol. The van der Waals surface area contributed by atoms with Crippen molar-refractivity contribution in [1.82, 2.24) is 9.97 Å². The summed E-state index contributed by atoms with van der Waals surface area (Å²) in [6.07, 6.45) is -14.5. The normalized spacial score (nSPS) is 11.9. The summed E-state index contributed by atoms with van der Waals surface area (Å²) < 4.78 is 127. The van der Waals surface area contributed by atoms with E-state index in [1.54, 1.807) is 13.8 Å². The second kappa shape index (κ2) is 18.8. The number of carboxylic acid groups (broad SMARTS) is 1. The van der Waals surface area contributed by atoms with E-state index in [1.165, 1.54) is 22.2 Å². The molecule has 3 rings (SSSR count). The molecule has 1 heterocycles. The maximum atomic E-state index is 13.9. The minimum absolute atomic E-state index is 0. The molecule has 3 aromatic rings. The number of hydrogen-bond donors (Lipinski definition) is 1. The van der Waals surface area contributed by atoms with Gasteiger partial charge in [-0.05, 0) is 60.2 Å². The van der Waals surface area contributed by atoms with E-state index in [0.717, 1.165) is 36.4 Å². The molecule has 51 heavy (non-hydrogen) atoms. The van der Waals surface area contributed by atoms with Crippen LogP contribution in [0, 0.1) is 0 Å². The van der Waals surface area contributed by atoms with Crippen molar-refractivity contribution in [3.05, 3.63) is 76.6 Å². The maximum absolute atomic E-state index is 13.9. The number of hydrogen-bond acceptors (Lipinski definition) is 6. The third-order valence-corrected chi connectivity index (χ3v) is 7.14. The largest absolute Gasteiger partial charge is 1.00 e. The molecule has 0 spiro atoms. The molecule has 0 saturated heterocycles. The fraction of sp³-hybridized carbons (Fsp3) is 0.455. The number of aromatic nitrogens is 2. The van der Waals surface area contributed by atoms with Gasteiger partial charge in [0.1, 0.15) is 0 Å². The summed E-state index contributed by atoms with van der Waals surface area (Å²) in [5.41, 5.74) is -1.92. The van der Waals surface area contributed by atoms with Gasteiger partial charge in [0.15, 0.2) is 5.75 Å². The number of carbonyl (C=O) groups is 2. The van der Waals surface area contributed by atoms with Crippen LogP contribution in [0.4, 0.5) is 51.1 Å². The van der Waals surface area contributed by atoms with Crippen molar-refractivity contribution in [3.63, 3.8) is 0 Å². The molecule has 0 saturated carbocycles. The summed E-state index contributed by atoms with van der Waals surface area (Å²) in [6.45, 7) is 2.55. The summed E-state index contributed by atoms with van der Waals surface area (Å²) in [6, 6.07) is 5.66. The summed E-state index contributed by atoms with van der Waals surface area (Å²) in [5, 5.41) is 8.80. The van der Waals surface area contributed by atoms with E-state index in [1.807, 2.05) is 0 Å². The van der Waals surface area contributed by atoms with Crippen LogP contribution in [0.5, 0.6) is 5.75 Å². The van der Waals surface area contributed by atoms with Gasteiger partial charge in [-0.25, -0.2) is 9.97 Å². The number of ether oxygens (including phenoxy) is 1. The van der Waals surface area contributed by atoms with E-state index < -0.39 is 67.1 Å². The van der Waals surface area contributed by atoms with Crippen LogP contribution in [0.25, 0.3) is 0 Å². The van der Waals surface area contributed by atoms with E-state index in [9.17, 15) is 49.1 Å². The monoisotopic (exact) mass is 746 g/mol. The summed E-state index contributed by atoms with van der Waals surface area (Å²) in [5.74, 6) is -1.49. The Kier molecular flexibility index (Phi) is 16.1. The third kappa shape index (κ3) is 14.5. The number of carboxylic acids is 1. The van der Waals surface area contributed by atoms with E-state index in [-0.39, 0.29) is 97.8 Å². The minimum atomic E-state index is -4.79. The van der Waals surface area contributed by atoms with E-state index in [2.05, 4.69) is 9.97 Å². The number of alkyl halides is 9. The minimum Gasteiger partial charge on any atom is -1.00 e. The topological polar surface area (TPSA) is 95.9 Å². The van der Waals surface area contributed by atoms with Gasteiger partial charge in [-0.15, -0.1) is 0 Å². The van der Waals surface area contributed by atoms with Crippen LogP contribution in [-0.2, 0) is 41.7 Å². The number of carbonyl (C=O) groups excluding carboxylic acids is 1. The second-order valence-corrected chi connectivity index (χ2v) is 11.4. The van der Waals surface area contributed by atoms with Gasteiger partial charge in [-0.1, -0.05) is 25.1 Å². The van der Waals surface area contributed by atoms with Gasteiger partial charge >= 0.3 is 54.1 Å². The van der Waals surface area contributed by atoms with Crippen LogP contribution in [0.15, 0.2) is 48.8 Å². The van der Waals surface area contributed by atoms with Gasteiger partial charge in [0.25, 0.3) is 0 Å². The molecule has 276 valence electrons. The zero-order valence-corrected chi connectivity index (χ0v) is 30.1. The number of rotatable bonds is 16. The Hall–Kier alpha value is -3.57. The van der Waals surface area contributed by atoms with Crippen molar-refractivity contribution in [2.45, 2.75) is 84.0 Å². The molecule has 0 aliphatic rings. The molecule has 1 amide bonds. The summed E-state index contributed by atoms with van der Waals surface area (Å²) in [4.78, 5) is 34.7. The summed E-state index contributed by atoms with van der Waals surface area (Å²) >= 11 is 0. The zero-order chi connectivity index (χ0) is 37.3. The van der Waals surface area contributed by atoms with Crippen molar-refractivity contribution in [3.8, 4) is 5.75 Å². The number of anilines is 2. The van der Waals surface area contributed by atoms with Gasteiger partial charge in [0.2, 0.25) is 11.9 Å². The SMILES string of the molecule is CCCC(=O)N(CC)c1ccc(C(F)(F)F)cc1CN(Cc1cc(CC(F)(F)F)cc(CC(F)(F)F)c1)c1ncc(OCCCC(=O)O)cn1.[H-].[Na+]. The quantitative estimate of drug-likeness (QED) is 0.119. The predicted molar refractivity (Wildman–Crippen MR) is 166 cm³/mol. The number of nitrogens with zero attached hydrogens (tertiary/aromatic N) is 4. The van der Waals surface area contributed by atoms with Crippen molar-refractivity contribution >= 4 is 23.5 Å². The molecule has 0 aliphatic heterocycles. The first-order valence-corrected chi connectivity index (χ1v) is 15.4. The Labute approximate surface area is 311 Å². The van der Waals surface area contributed by atoms with Gasteiger partial charge in [0.05, 0.1) is 37.4 Å². The van der Waals surface area contributed by atoms with Crippen molar-refractivity contribution in [2.24, 2.45) is 0 Å². The van der Waals surface area contributed by atoms with Gasteiger partial charge in [0, 0.05) is 38.2 Å².